The molecule has 164 valence electrons. The molecule has 0 amide bonds. The second-order valence-electron chi connectivity index (χ2n) is 7.29. The van der Waals surface area contributed by atoms with E-state index in [0.717, 1.165) is 44.6 Å². The van der Waals surface area contributed by atoms with Crippen molar-refractivity contribution in [3.63, 3.8) is 0 Å². The van der Waals surface area contributed by atoms with Crippen molar-refractivity contribution < 1.29 is 13.9 Å². The molecule has 2 N–H and O–H groups in total. The first-order chi connectivity index (χ1) is 13.6. The van der Waals surface area contributed by atoms with Crippen LogP contribution in [-0.2, 0) is 4.74 Å². The average Bonchev–Trinajstić information content (AvgIpc) is 3.21. The summed E-state index contributed by atoms with van der Waals surface area (Å²) in [6, 6.07) is 6.47. The molecule has 2 fully saturated rings. The van der Waals surface area contributed by atoms with Gasteiger partial charge in [0, 0.05) is 38.0 Å². The van der Waals surface area contributed by atoms with E-state index in [1.165, 1.54) is 18.2 Å². The van der Waals surface area contributed by atoms with Gasteiger partial charge in [-0.2, -0.15) is 11.8 Å². The number of benzene rings is 1. The third-order valence-electron chi connectivity index (χ3n) is 5.29. The van der Waals surface area contributed by atoms with E-state index >= 15 is 0 Å². The lowest BCUT2D eigenvalue weighted by Crippen LogP contribution is -2.60. The van der Waals surface area contributed by atoms with Gasteiger partial charge >= 0.3 is 0 Å². The summed E-state index contributed by atoms with van der Waals surface area (Å²) in [4.78, 5) is 6.91. The van der Waals surface area contributed by atoms with Gasteiger partial charge in [0.25, 0.3) is 0 Å². The average molecular weight is 538 g/mol. The molecule has 0 radical (unpaired) electrons. The number of thioether (sulfide) groups is 1. The number of rotatable bonds is 7. The van der Waals surface area contributed by atoms with E-state index in [9.17, 15) is 4.39 Å². The number of ether oxygens (including phenoxy) is 2. The van der Waals surface area contributed by atoms with Crippen molar-refractivity contribution in [2.45, 2.75) is 25.0 Å². The Morgan fingerprint density at radius 2 is 2.10 bits per heavy atom. The van der Waals surface area contributed by atoms with Gasteiger partial charge in [-0.15, -0.1) is 24.0 Å². The van der Waals surface area contributed by atoms with Crippen molar-refractivity contribution in [2.75, 3.05) is 57.9 Å². The highest BCUT2D eigenvalue weighted by Crippen LogP contribution is 2.33. The van der Waals surface area contributed by atoms with Crippen LogP contribution in [0, 0.1) is 5.82 Å². The van der Waals surface area contributed by atoms with Crippen LogP contribution in [0.4, 0.5) is 4.39 Å². The molecule has 2 aliphatic heterocycles. The summed E-state index contributed by atoms with van der Waals surface area (Å²) < 4.78 is 24.9. The molecule has 0 bridgehead atoms. The monoisotopic (exact) mass is 538 g/mol. The molecular weight excluding hydrogens is 506 g/mol. The van der Waals surface area contributed by atoms with Gasteiger partial charge in [0.1, 0.15) is 6.10 Å². The molecule has 6 nitrogen and oxygen atoms in total. The number of nitrogens with one attached hydrogen (secondary N) is 2. The number of hydrogen-bond acceptors (Lipinski definition) is 5. The highest BCUT2D eigenvalue weighted by Gasteiger charge is 2.40. The van der Waals surface area contributed by atoms with Gasteiger partial charge in [-0.3, -0.25) is 9.89 Å². The second kappa shape index (κ2) is 12.2. The number of guanidine groups is 1. The topological polar surface area (TPSA) is 58.1 Å². The Balaban J connectivity index is 0.00000300. The fraction of sp³-hybridized carbons (Fsp3) is 0.650. The molecule has 29 heavy (non-hydrogen) atoms. The SMILES string of the molecule is CN=C(NCC(C)Oc1ccccc1F)NCC1(N2CCOCC2)CCSC1.I. The maximum Gasteiger partial charge on any atom is 0.191 e. The molecule has 3 rings (SSSR count). The lowest BCUT2D eigenvalue weighted by molar-refractivity contribution is -0.0120. The van der Waals surface area contributed by atoms with Crippen molar-refractivity contribution in [2.24, 2.45) is 4.99 Å². The van der Waals surface area contributed by atoms with Gasteiger partial charge in [-0.25, -0.2) is 4.39 Å². The summed E-state index contributed by atoms with van der Waals surface area (Å²) in [5.74, 6) is 2.99. The van der Waals surface area contributed by atoms with E-state index in [4.69, 9.17) is 9.47 Å². The first-order valence-electron chi connectivity index (χ1n) is 9.89. The molecule has 0 saturated carbocycles. The van der Waals surface area contributed by atoms with Crippen LogP contribution in [-0.4, -0.2) is 80.4 Å². The van der Waals surface area contributed by atoms with E-state index in [0.29, 0.717) is 6.54 Å². The highest BCUT2D eigenvalue weighted by atomic mass is 127. The van der Waals surface area contributed by atoms with Crippen molar-refractivity contribution >= 4 is 41.7 Å². The third kappa shape index (κ3) is 6.86. The maximum absolute atomic E-state index is 13.7. The molecule has 2 atom stereocenters. The highest BCUT2D eigenvalue weighted by molar-refractivity contribution is 14.0. The molecule has 2 saturated heterocycles. The van der Waals surface area contributed by atoms with Crippen LogP contribution in [0.3, 0.4) is 0 Å². The predicted octanol–water partition coefficient (Wildman–Crippen LogP) is 2.58. The number of hydrogen-bond donors (Lipinski definition) is 2. The molecular formula is C20H32FIN4O2S. The van der Waals surface area contributed by atoms with Crippen molar-refractivity contribution in [3.05, 3.63) is 30.1 Å². The fourth-order valence-corrected chi connectivity index (χ4v) is 5.12. The Bertz CT molecular complexity index is 655. The van der Waals surface area contributed by atoms with Crippen LogP contribution in [0.5, 0.6) is 5.75 Å². The molecule has 1 aromatic carbocycles. The van der Waals surface area contributed by atoms with Gasteiger partial charge < -0.3 is 20.1 Å². The summed E-state index contributed by atoms with van der Waals surface area (Å²) in [7, 11) is 1.77. The van der Waals surface area contributed by atoms with Crippen LogP contribution in [0.25, 0.3) is 0 Å². The lowest BCUT2D eigenvalue weighted by Gasteiger charge is -2.43. The maximum atomic E-state index is 13.7. The molecule has 0 aliphatic carbocycles. The Hall–Kier alpha value is -0.780. The number of nitrogens with zero attached hydrogens (tertiary/aromatic N) is 2. The van der Waals surface area contributed by atoms with Crippen LogP contribution in [0.1, 0.15) is 13.3 Å². The number of halogens is 2. The van der Waals surface area contributed by atoms with Crippen molar-refractivity contribution in [1.82, 2.24) is 15.5 Å². The Morgan fingerprint density at radius 1 is 1.34 bits per heavy atom. The minimum absolute atomic E-state index is 0. The third-order valence-corrected chi connectivity index (χ3v) is 6.53. The summed E-state index contributed by atoms with van der Waals surface area (Å²) in [6.07, 6.45) is 0.986. The van der Waals surface area contributed by atoms with Crippen LogP contribution in [0.15, 0.2) is 29.3 Å². The Labute approximate surface area is 194 Å². The van der Waals surface area contributed by atoms with Gasteiger partial charge in [0.15, 0.2) is 17.5 Å². The summed E-state index contributed by atoms with van der Waals surface area (Å²) in [5.41, 5.74) is 0.154. The molecule has 0 spiro atoms. The zero-order valence-electron chi connectivity index (χ0n) is 17.2. The molecule has 1 aromatic rings. The number of para-hydroxylation sites is 1. The van der Waals surface area contributed by atoms with Gasteiger partial charge in [-0.05, 0) is 31.2 Å². The van der Waals surface area contributed by atoms with Crippen LogP contribution in [0.2, 0.25) is 0 Å². The second-order valence-corrected chi connectivity index (χ2v) is 8.40. The molecule has 2 unspecified atom stereocenters. The van der Waals surface area contributed by atoms with E-state index < -0.39 is 0 Å². The fourth-order valence-electron chi connectivity index (χ4n) is 3.64. The first kappa shape index (κ1) is 24.5. The lowest BCUT2D eigenvalue weighted by atomic mass is 9.95. The van der Waals surface area contributed by atoms with Crippen LogP contribution >= 0.6 is 35.7 Å². The van der Waals surface area contributed by atoms with Crippen molar-refractivity contribution in [1.29, 1.82) is 0 Å². The first-order valence-corrected chi connectivity index (χ1v) is 11.0. The zero-order valence-corrected chi connectivity index (χ0v) is 20.3. The largest absolute Gasteiger partial charge is 0.486 e. The smallest absolute Gasteiger partial charge is 0.191 e. The Kier molecular flexibility index (Phi) is 10.3. The van der Waals surface area contributed by atoms with E-state index in [1.807, 2.05) is 18.7 Å². The quantitative estimate of drug-likeness (QED) is 0.317. The molecule has 9 heteroatoms. The van der Waals surface area contributed by atoms with Gasteiger partial charge in [0.2, 0.25) is 0 Å². The normalized spacial score (nSPS) is 23.9. The number of morpholine rings is 1. The van der Waals surface area contributed by atoms with Crippen molar-refractivity contribution in [3.8, 4) is 5.75 Å². The minimum atomic E-state index is -0.344. The van der Waals surface area contributed by atoms with E-state index in [1.54, 1.807) is 25.2 Å². The Morgan fingerprint density at radius 3 is 2.76 bits per heavy atom. The summed E-state index contributed by atoms with van der Waals surface area (Å²) >= 11 is 2.02. The molecule has 2 aliphatic rings. The van der Waals surface area contributed by atoms with Gasteiger partial charge in [-0.1, -0.05) is 12.1 Å². The summed E-state index contributed by atoms with van der Waals surface area (Å²) in [6.45, 7) is 6.89. The van der Waals surface area contributed by atoms with E-state index in [2.05, 4.69) is 20.5 Å². The minimum Gasteiger partial charge on any atom is -0.486 e. The van der Waals surface area contributed by atoms with Crippen LogP contribution < -0.4 is 15.4 Å². The molecule has 2 heterocycles. The predicted molar refractivity (Wildman–Crippen MR) is 128 cm³/mol. The van der Waals surface area contributed by atoms with Gasteiger partial charge in [0.05, 0.1) is 19.8 Å². The molecule has 0 aromatic heterocycles. The zero-order chi connectivity index (χ0) is 19.8. The number of aliphatic imine (C=N–C) groups is 1. The standard InChI is InChI=1S/C20H31FN4O2S.HI/c1-16(27-18-6-4-3-5-17(18)21)13-23-19(22-2)24-14-20(7-12-28-15-20)25-8-10-26-11-9-25;/h3-6,16H,7-15H2,1-2H3,(H2,22,23,24);1H. The summed E-state index contributed by atoms with van der Waals surface area (Å²) in [5, 5.41) is 6.79. The van der Waals surface area contributed by atoms with E-state index in [-0.39, 0.29) is 47.2 Å².